The average Bonchev–Trinajstić information content (AvgIpc) is 3.34. The van der Waals surface area contributed by atoms with Gasteiger partial charge in [0.05, 0.1) is 23.1 Å². The lowest BCUT2D eigenvalue weighted by atomic mass is 10.1. The summed E-state index contributed by atoms with van der Waals surface area (Å²) in [5.41, 5.74) is 1.66. The highest BCUT2D eigenvalue weighted by atomic mass is 32.1. The van der Waals surface area contributed by atoms with Crippen LogP contribution >= 0.6 is 11.3 Å². The van der Waals surface area contributed by atoms with Crippen molar-refractivity contribution in [1.82, 2.24) is 4.98 Å². The molecule has 4 rings (SSSR count). The van der Waals surface area contributed by atoms with Crippen LogP contribution in [0, 0.1) is 6.92 Å². The predicted molar refractivity (Wildman–Crippen MR) is 99.6 cm³/mol. The fourth-order valence-corrected chi connectivity index (χ4v) is 4.15. The third kappa shape index (κ3) is 2.78. The number of nitrogens with zero attached hydrogens (tertiary/aromatic N) is 2. The lowest BCUT2D eigenvalue weighted by Crippen LogP contribution is -2.30. The number of carbonyl (C=O) groups excluding carboxylic acids is 2. The Kier molecular flexibility index (Phi) is 4.19. The molecule has 1 unspecified atom stereocenters. The number of ether oxygens (including phenoxy) is 1. The maximum Gasteiger partial charge on any atom is 0.340 e. The van der Waals surface area contributed by atoms with Crippen LogP contribution < -0.4 is 4.90 Å². The highest BCUT2D eigenvalue weighted by Crippen LogP contribution is 2.43. The lowest BCUT2D eigenvalue weighted by Gasteiger charge is -2.21. The summed E-state index contributed by atoms with van der Waals surface area (Å²) in [6, 6.07) is 8.12. The Morgan fingerprint density at radius 1 is 1.41 bits per heavy atom. The number of aromatic nitrogens is 1. The van der Waals surface area contributed by atoms with E-state index >= 15 is 0 Å². The van der Waals surface area contributed by atoms with Gasteiger partial charge in [0.1, 0.15) is 17.4 Å². The van der Waals surface area contributed by atoms with E-state index < -0.39 is 23.7 Å². The zero-order chi connectivity index (χ0) is 19.1. The van der Waals surface area contributed by atoms with E-state index in [1.807, 2.05) is 25.1 Å². The van der Waals surface area contributed by atoms with Crippen LogP contribution in [0.1, 0.15) is 24.3 Å². The molecule has 0 bridgehead atoms. The van der Waals surface area contributed by atoms with Gasteiger partial charge in [0.15, 0.2) is 10.9 Å². The molecule has 138 valence electrons. The Hall–Kier alpha value is -3.13. The second-order valence-corrected chi connectivity index (χ2v) is 7.05. The van der Waals surface area contributed by atoms with Crippen molar-refractivity contribution in [1.29, 1.82) is 0 Å². The first kappa shape index (κ1) is 17.3. The van der Waals surface area contributed by atoms with E-state index in [0.29, 0.717) is 10.9 Å². The van der Waals surface area contributed by atoms with Crippen molar-refractivity contribution in [3.63, 3.8) is 0 Å². The number of aliphatic hydroxyl groups excluding tert-OH is 1. The van der Waals surface area contributed by atoms with E-state index in [0.717, 1.165) is 15.8 Å². The molecule has 1 atom stereocenters. The fraction of sp³-hybridized carbons (Fsp3) is 0.211. The monoisotopic (exact) mass is 384 g/mol. The van der Waals surface area contributed by atoms with Crippen LogP contribution in [0.3, 0.4) is 0 Å². The van der Waals surface area contributed by atoms with Gasteiger partial charge in [-0.2, -0.15) is 0 Å². The Bertz CT molecular complexity index is 1070. The van der Waals surface area contributed by atoms with Crippen LogP contribution in [0.2, 0.25) is 0 Å². The number of amides is 1. The first-order valence-electron chi connectivity index (χ1n) is 8.35. The van der Waals surface area contributed by atoms with Crippen LogP contribution in [-0.4, -0.2) is 28.6 Å². The molecule has 27 heavy (non-hydrogen) atoms. The molecule has 1 aliphatic heterocycles. The largest absolute Gasteiger partial charge is 0.503 e. The summed E-state index contributed by atoms with van der Waals surface area (Å²) in [6.45, 7) is 3.74. The number of aryl methyl sites for hydroxylation is 1. The van der Waals surface area contributed by atoms with Crippen molar-refractivity contribution < 1.29 is 23.8 Å². The van der Waals surface area contributed by atoms with Crippen molar-refractivity contribution in [2.24, 2.45) is 0 Å². The number of rotatable bonds is 4. The second kappa shape index (κ2) is 6.55. The molecule has 8 heteroatoms. The number of thiazole rings is 1. The molecule has 0 radical (unpaired) electrons. The van der Waals surface area contributed by atoms with Crippen molar-refractivity contribution in [3.05, 3.63) is 59.3 Å². The highest BCUT2D eigenvalue weighted by Gasteiger charge is 2.47. The number of esters is 1. The Labute approximate surface area is 158 Å². The molecule has 1 amide bonds. The van der Waals surface area contributed by atoms with Gasteiger partial charge in [-0.1, -0.05) is 17.4 Å². The highest BCUT2D eigenvalue weighted by molar-refractivity contribution is 7.22. The molecule has 0 saturated carbocycles. The third-order valence-corrected chi connectivity index (χ3v) is 5.27. The van der Waals surface area contributed by atoms with E-state index in [2.05, 4.69) is 4.98 Å². The molecule has 0 aliphatic carbocycles. The minimum Gasteiger partial charge on any atom is -0.503 e. The number of carbonyl (C=O) groups is 2. The van der Waals surface area contributed by atoms with Crippen molar-refractivity contribution in [2.45, 2.75) is 19.9 Å². The number of furan rings is 1. The van der Waals surface area contributed by atoms with E-state index in [4.69, 9.17) is 9.15 Å². The molecular weight excluding hydrogens is 368 g/mol. The standard InChI is InChI=1S/C19H16N2O5S/c1-3-25-18(24)14-15(12-5-4-8-26-12)21(17(23)16(14)22)19-20-11-7-6-10(2)9-13(11)27-19/h4-9,15,22H,3H2,1-2H3. The van der Waals surface area contributed by atoms with Crippen molar-refractivity contribution in [3.8, 4) is 0 Å². The third-order valence-electron chi connectivity index (χ3n) is 4.25. The Balaban J connectivity index is 1.85. The first-order valence-corrected chi connectivity index (χ1v) is 9.17. The van der Waals surface area contributed by atoms with Crippen molar-refractivity contribution in [2.75, 3.05) is 11.5 Å². The zero-order valence-corrected chi connectivity index (χ0v) is 15.4. The van der Waals surface area contributed by atoms with Gasteiger partial charge in [0.2, 0.25) is 0 Å². The quantitative estimate of drug-likeness (QED) is 0.690. The van der Waals surface area contributed by atoms with E-state index in [1.165, 1.54) is 22.5 Å². The van der Waals surface area contributed by atoms with Crippen LogP contribution in [0.5, 0.6) is 0 Å². The maximum absolute atomic E-state index is 12.8. The molecule has 1 N–H and O–H groups in total. The minimum absolute atomic E-state index is 0.120. The number of hydrogen-bond donors (Lipinski definition) is 1. The minimum atomic E-state index is -0.937. The molecular formula is C19H16N2O5S. The maximum atomic E-state index is 12.8. The van der Waals surface area contributed by atoms with Gasteiger partial charge in [-0.3, -0.25) is 9.69 Å². The summed E-state index contributed by atoms with van der Waals surface area (Å²) >= 11 is 1.31. The van der Waals surface area contributed by atoms with Crippen LogP contribution in [-0.2, 0) is 14.3 Å². The van der Waals surface area contributed by atoms with Crippen molar-refractivity contribution >= 4 is 38.6 Å². The van der Waals surface area contributed by atoms with Crippen LogP contribution in [0.15, 0.2) is 52.3 Å². The lowest BCUT2D eigenvalue weighted by molar-refractivity contribution is -0.139. The smallest absolute Gasteiger partial charge is 0.340 e. The molecule has 7 nitrogen and oxygen atoms in total. The van der Waals surface area contributed by atoms with E-state index in [1.54, 1.807) is 19.1 Å². The molecule has 0 fully saturated rings. The molecule has 0 saturated heterocycles. The van der Waals surface area contributed by atoms with Gasteiger partial charge in [0, 0.05) is 0 Å². The Morgan fingerprint density at radius 2 is 2.22 bits per heavy atom. The summed E-state index contributed by atoms with van der Waals surface area (Å²) in [6.07, 6.45) is 1.44. The van der Waals surface area contributed by atoms with Gasteiger partial charge < -0.3 is 14.3 Å². The molecule has 2 aromatic heterocycles. The fourth-order valence-electron chi connectivity index (χ4n) is 3.06. The number of anilines is 1. The van der Waals surface area contributed by atoms with Gasteiger partial charge in [-0.25, -0.2) is 9.78 Å². The number of benzene rings is 1. The zero-order valence-electron chi connectivity index (χ0n) is 14.6. The summed E-state index contributed by atoms with van der Waals surface area (Å²) in [5.74, 6) is -1.78. The number of fused-ring (bicyclic) bond motifs is 1. The molecule has 1 aromatic carbocycles. The molecule has 0 spiro atoms. The summed E-state index contributed by atoms with van der Waals surface area (Å²) < 4.78 is 11.4. The molecule has 1 aliphatic rings. The molecule has 3 aromatic rings. The van der Waals surface area contributed by atoms with Gasteiger partial charge in [-0.05, 0) is 43.7 Å². The average molecular weight is 384 g/mol. The summed E-state index contributed by atoms with van der Waals surface area (Å²) in [4.78, 5) is 31.0. The molecule has 3 heterocycles. The second-order valence-electron chi connectivity index (χ2n) is 6.04. The van der Waals surface area contributed by atoms with Crippen LogP contribution in [0.25, 0.3) is 10.2 Å². The normalized spacial score (nSPS) is 17.2. The number of hydrogen-bond acceptors (Lipinski definition) is 7. The SMILES string of the molecule is CCOC(=O)C1=C(O)C(=O)N(c2nc3ccc(C)cc3s2)C1c1ccco1. The van der Waals surface area contributed by atoms with E-state index in [-0.39, 0.29) is 12.2 Å². The van der Waals surface area contributed by atoms with E-state index in [9.17, 15) is 14.7 Å². The first-order chi connectivity index (χ1) is 13.0. The predicted octanol–water partition coefficient (Wildman–Crippen LogP) is 3.66. The van der Waals surface area contributed by atoms with Gasteiger partial charge >= 0.3 is 5.97 Å². The van der Waals surface area contributed by atoms with Crippen LogP contribution in [0.4, 0.5) is 5.13 Å². The van der Waals surface area contributed by atoms with Gasteiger partial charge in [-0.15, -0.1) is 0 Å². The summed E-state index contributed by atoms with van der Waals surface area (Å²) in [5, 5.41) is 10.8. The topological polar surface area (TPSA) is 92.9 Å². The van der Waals surface area contributed by atoms with Gasteiger partial charge in [0.25, 0.3) is 5.91 Å². The Morgan fingerprint density at radius 3 is 2.93 bits per heavy atom. The summed E-state index contributed by atoms with van der Waals surface area (Å²) in [7, 11) is 0. The number of aliphatic hydroxyl groups is 1.